The fourth-order valence-electron chi connectivity index (χ4n) is 3.05. The molecule has 3 aromatic carbocycles. The fourth-order valence-corrected chi connectivity index (χ4v) is 3.31. The maximum absolute atomic E-state index is 13.1. The summed E-state index contributed by atoms with van der Waals surface area (Å²) >= 11 is 3.44. The Hall–Kier alpha value is -3.32. The van der Waals surface area contributed by atoms with E-state index in [1.54, 1.807) is 4.68 Å². The molecule has 30 heavy (non-hydrogen) atoms. The van der Waals surface area contributed by atoms with E-state index in [4.69, 9.17) is 0 Å². The molecular formula is C23H18BrFN4O. The Kier molecular flexibility index (Phi) is 5.46. The highest BCUT2D eigenvalue weighted by Crippen LogP contribution is 2.26. The van der Waals surface area contributed by atoms with Gasteiger partial charge in [0.05, 0.1) is 5.69 Å². The molecule has 0 atom stereocenters. The van der Waals surface area contributed by atoms with E-state index in [9.17, 15) is 9.18 Å². The number of anilines is 1. The number of nitrogens with zero attached hydrogens (tertiary/aromatic N) is 3. The van der Waals surface area contributed by atoms with Gasteiger partial charge in [0.1, 0.15) is 5.82 Å². The molecule has 1 aromatic heterocycles. The third kappa shape index (κ3) is 4.02. The van der Waals surface area contributed by atoms with Crippen molar-refractivity contribution < 1.29 is 9.18 Å². The minimum atomic E-state index is -0.468. The van der Waals surface area contributed by atoms with Crippen molar-refractivity contribution in [3.63, 3.8) is 0 Å². The number of carbonyl (C=O) groups excluding carboxylic acids is 1. The topological polar surface area (TPSA) is 59.8 Å². The van der Waals surface area contributed by atoms with Gasteiger partial charge in [0, 0.05) is 15.7 Å². The molecule has 0 saturated carbocycles. The average Bonchev–Trinajstić information content (AvgIpc) is 3.17. The van der Waals surface area contributed by atoms with Crippen LogP contribution in [0.2, 0.25) is 0 Å². The maximum Gasteiger partial charge on any atom is 0.295 e. The molecule has 1 heterocycles. The van der Waals surface area contributed by atoms with Gasteiger partial charge in [-0.05, 0) is 67.4 Å². The third-order valence-electron chi connectivity index (χ3n) is 4.82. The van der Waals surface area contributed by atoms with Crippen LogP contribution in [0.4, 0.5) is 10.1 Å². The highest BCUT2D eigenvalue weighted by Gasteiger charge is 2.20. The van der Waals surface area contributed by atoms with Gasteiger partial charge in [-0.2, -0.15) is 0 Å². The second kappa shape index (κ2) is 8.20. The lowest BCUT2D eigenvalue weighted by atomic mass is 10.1. The van der Waals surface area contributed by atoms with E-state index in [0.29, 0.717) is 11.5 Å². The van der Waals surface area contributed by atoms with E-state index in [1.807, 2.05) is 56.3 Å². The van der Waals surface area contributed by atoms with Crippen molar-refractivity contribution in [3.05, 3.63) is 94.0 Å². The van der Waals surface area contributed by atoms with E-state index >= 15 is 0 Å². The fraction of sp³-hybridized carbons (Fsp3) is 0.0870. The summed E-state index contributed by atoms with van der Waals surface area (Å²) < 4.78 is 15.8. The summed E-state index contributed by atoms with van der Waals surface area (Å²) in [6, 6.07) is 19.1. The van der Waals surface area contributed by atoms with Crippen LogP contribution in [-0.2, 0) is 0 Å². The molecule has 7 heteroatoms. The van der Waals surface area contributed by atoms with Gasteiger partial charge in [-0.25, -0.2) is 14.1 Å². The Morgan fingerprint density at radius 2 is 1.70 bits per heavy atom. The lowest BCUT2D eigenvalue weighted by Crippen LogP contribution is -2.14. The molecule has 0 aliphatic rings. The minimum absolute atomic E-state index is 0.0261. The van der Waals surface area contributed by atoms with E-state index in [0.717, 1.165) is 26.9 Å². The molecule has 4 rings (SSSR count). The summed E-state index contributed by atoms with van der Waals surface area (Å²) in [5.41, 5.74) is 4.30. The summed E-state index contributed by atoms with van der Waals surface area (Å²) in [7, 11) is 0. The molecule has 1 N–H and O–H groups in total. The highest BCUT2D eigenvalue weighted by atomic mass is 79.9. The smallest absolute Gasteiger partial charge is 0.295 e. The summed E-state index contributed by atoms with van der Waals surface area (Å²) in [5, 5.41) is 7.22. The molecule has 0 radical (unpaired) electrons. The van der Waals surface area contributed by atoms with E-state index < -0.39 is 5.91 Å². The minimum Gasteiger partial charge on any atom is -0.319 e. The molecular weight excluding hydrogens is 447 g/mol. The Labute approximate surface area is 181 Å². The van der Waals surface area contributed by atoms with Crippen LogP contribution in [0.25, 0.3) is 17.1 Å². The molecule has 0 saturated heterocycles. The molecule has 5 nitrogen and oxygen atoms in total. The predicted molar refractivity (Wildman–Crippen MR) is 118 cm³/mol. The lowest BCUT2D eigenvalue weighted by Gasteiger charge is -2.11. The van der Waals surface area contributed by atoms with E-state index in [1.165, 1.54) is 24.3 Å². The number of halogens is 2. The van der Waals surface area contributed by atoms with E-state index in [2.05, 4.69) is 31.3 Å². The highest BCUT2D eigenvalue weighted by molar-refractivity contribution is 9.10. The Morgan fingerprint density at radius 1 is 1.00 bits per heavy atom. The van der Waals surface area contributed by atoms with Gasteiger partial charge in [-0.1, -0.05) is 40.2 Å². The lowest BCUT2D eigenvalue weighted by molar-refractivity contribution is 0.101. The van der Waals surface area contributed by atoms with Crippen molar-refractivity contribution in [1.82, 2.24) is 14.8 Å². The van der Waals surface area contributed by atoms with Gasteiger partial charge in [0.15, 0.2) is 5.82 Å². The van der Waals surface area contributed by atoms with Crippen LogP contribution >= 0.6 is 15.9 Å². The predicted octanol–water partition coefficient (Wildman–Crippen LogP) is 5.71. The second-order valence-corrected chi connectivity index (χ2v) is 7.77. The van der Waals surface area contributed by atoms with E-state index in [-0.39, 0.29) is 11.6 Å². The zero-order valence-electron chi connectivity index (χ0n) is 16.4. The number of aryl methyl sites for hydroxylation is 1. The van der Waals surface area contributed by atoms with Gasteiger partial charge in [-0.15, -0.1) is 5.10 Å². The first kappa shape index (κ1) is 20.0. The summed E-state index contributed by atoms with van der Waals surface area (Å²) in [4.78, 5) is 17.3. The van der Waals surface area contributed by atoms with Crippen LogP contribution < -0.4 is 5.32 Å². The first-order chi connectivity index (χ1) is 14.4. The number of carbonyl (C=O) groups is 1. The number of hydrogen-bond acceptors (Lipinski definition) is 3. The monoisotopic (exact) mass is 464 g/mol. The van der Waals surface area contributed by atoms with Crippen LogP contribution in [0.15, 0.2) is 71.2 Å². The quantitative estimate of drug-likeness (QED) is 0.420. The van der Waals surface area contributed by atoms with Crippen molar-refractivity contribution >= 4 is 27.5 Å². The number of rotatable bonds is 4. The number of aromatic nitrogens is 3. The molecule has 0 unspecified atom stereocenters. The van der Waals surface area contributed by atoms with Gasteiger partial charge >= 0.3 is 0 Å². The van der Waals surface area contributed by atoms with Crippen LogP contribution in [0, 0.1) is 19.7 Å². The van der Waals surface area contributed by atoms with Gasteiger partial charge < -0.3 is 5.32 Å². The number of amides is 1. The third-order valence-corrected chi connectivity index (χ3v) is 5.35. The van der Waals surface area contributed by atoms with Crippen molar-refractivity contribution in [1.29, 1.82) is 0 Å². The maximum atomic E-state index is 13.1. The number of hydrogen-bond donors (Lipinski definition) is 1. The van der Waals surface area contributed by atoms with Crippen molar-refractivity contribution in [3.8, 4) is 17.1 Å². The molecule has 0 aliphatic heterocycles. The molecule has 4 aromatic rings. The van der Waals surface area contributed by atoms with Gasteiger partial charge in [0.25, 0.3) is 5.91 Å². The van der Waals surface area contributed by atoms with Crippen LogP contribution in [0.1, 0.15) is 21.7 Å². The number of benzene rings is 3. The SMILES string of the molecule is Cc1cccc(-n2nc(C(=O)Nc3ccc(F)cc3)nc2-c2ccc(Br)cc2)c1C. The first-order valence-electron chi connectivity index (χ1n) is 9.29. The van der Waals surface area contributed by atoms with Crippen LogP contribution in [-0.4, -0.2) is 20.7 Å². The average molecular weight is 465 g/mol. The van der Waals surface area contributed by atoms with Crippen LogP contribution in [0.3, 0.4) is 0 Å². The second-order valence-electron chi connectivity index (χ2n) is 6.86. The molecule has 0 bridgehead atoms. The Morgan fingerprint density at radius 3 is 2.40 bits per heavy atom. The summed E-state index contributed by atoms with van der Waals surface area (Å²) in [6.45, 7) is 4.03. The van der Waals surface area contributed by atoms with Gasteiger partial charge in [-0.3, -0.25) is 4.79 Å². The Balaban J connectivity index is 1.79. The summed E-state index contributed by atoms with van der Waals surface area (Å²) in [5.74, 6) is -0.259. The zero-order chi connectivity index (χ0) is 21.3. The molecule has 0 aliphatic carbocycles. The zero-order valence-corrected chi connectivity index (χ0v) is 17.9. The summed E-state index contributed by atoms with van der Waals surface area (Å²) in [6.07, 6.45) is 0. The molecule has 0 spiro atoms. The van der Waals surface area contributed by atoms with Crippen LogP contribution in [0.5, 0.6) is 0 Å². The molecule has 0 fully saturated rings. The first-order valence-corrected chi connectivity index (χ1v) is 10.1. The number of nitrogens with one attached hydrogen (secondary N) is 1. The standard InChI is InChI=1S/C23H18BrFN4O/c1-14-4-3-5-20(15(14)2)29-22(16-6-8-17(24)9-7-16)27-21(28-29)23(30)26-19-12-10-18(25)11-13-19/h3-13H,1-2H3,(H,26,30). The van der Waals surface area contributed by atoms with Crippen molar-refractivity contribution in [2.45, 2.75) is 13.8 Å². The van der Waals surface area contributed by atoms with Crippen molar-refractivity contribution in [2.75, 3.05) is 5.32 Å². The Bertz CT molecular complexity index is 1220. The molecule has 150 valence electrons. The van der Waals surface area contributed by atoms with Crippen molar-refractivity contribution in [2.24, 2.45) is 0 Å². The largest absolute Gasteiger partial charge is 0.319 e. The van der Waals surface area contributed by atoms with Gasteiger partial charge in [0.2, 0.25) is 5.82 Å². The normalized spacial score (nSPS) is 10.8. The molecule has 1 amide bonds.